The van der Waals surface area contributed by atoms with E-state index in [-0.39, 0.29) is 12.1 Å². The molecule has 0 N–H and O–H groups in total. The minimum Gasteiger partial charge on any atom is -0.465 e. The summed E-state index contributed by atoms with van der Waals surface area (Å²) in [7, 11) is 2.04. The second kappa shape index (κ2) is 5.68. The van der Waals surface area contributed by atoms with E-state index >= 15 is 0 Å². The fourth-order valence-electron chi connectivity index (χ4n) is 1.96. The molecule has 1 aromatic rings. The van der Waals surface area contributed by atoms with Gasteiger partial charge in [0, 0.05) is 12.6 Å². The van der Waals surface area contributed by atoms with Gasteiger partial charge in [0.1, 0.15) is 11.9 Å². The van der Waals surface area contributed by atoms with Crippen LogP contribution in [0, 0.1) is 0 Å². The van der Waals surface area contributed by atoms with Crippen molar-refractivity contribution >= 4 is 12.0 Å². The highest BCUT2D eigenvalue weighted by Gasteiger charge is 2.19. The van der Waals surface area contributed by atoms with E-state index in [1.165, 1.54) is 6.08 Å². The van der Waals surface area contributed by atoms with Crippen molar-refractivity contribution in [3.63, 3.8) is 0 Å². The number of hydrogen-bond donors (Lipinski definition) is 0. The zero-order valence-corrected chi connectivity index (χ0v) is 9.96. The third kappa shape index (κ3) is 3.75. The molecule has 0 amide bonds. The number of likely N-dealkylation sites (tertiary alicyclic amines) is 1. The molecule has 1 atom stereocenters. The number of carbonyl (C=O) groups is 1. The van der Waals surface area contributed by atoms with E-state index in [0.29, 0.717) is 5.76 Å². The van der Waals surface area contributed by atoms with Crippen molar-refractivity contribution in [2.45, 2.75) is 18.9 Å². The summed E-state index contributed by atoms with van der Waals surface area (Å²) in [5.74, 6) is 0.351. The summed E-state index contributed by atoms with van der Waals surface area (Å²) in [6.07, 6.45) is 6.65. The quantitative estimate of drug-likeness (QED) is 0.593. The van der Waals surface area contributed by atoms with E-state index < -0.39 is 0 Å². The second-order valence-corrected chi connectivity index (χ2v) is 4.31. The lowest BCUT2D eigenvalue weighted by molar-refractivity contribution is -0.145. The van der Waals surface area contributed by atoms with Crippen LogP contribution in [0.1, 0.15) is 18.6 Å². The zero-order chi connectivity index (χ0) is 12.1. The highest BCUT2D eigenvalue weighted by Crippen LogP contribution is 2.12. The first kappa shape index (κ1) is 11.9. The smallest absolute Gasteiger partial charge is 0.331 e. The number of furan rings is 1. The number of nitrogens with zero attached hydrogens (tertiary/aromatic N) is 1. The van der Waals surface area contributed by atoms with E-state index in [0.717, 1.165) is 25.9 Å². The van der Waals surface area contributed by atoms with Crippen LogP contribution in [0.25, 0.3) is 6.08 Å². The van der Waals surface area contributed by atoms with Crippen molar-refractivity contribution in [1.29, 1.82) is 0 Å². The molecule has 92 valence electrons. The van der Waals surface area contributed by atoms with E-state index in [1.54, 1.807) is 24.5 Å². The molecular weight excluding hydrogens is 218 g/mol. The minimum atomic E-state index is -0.304. The first-order valence-electron chi connectivity index (χ1n) is 5.85. The van der Waals surface area contributed by atoms with Gasteiger partial charge in [0.15, 0.2) is 0 Å². The van der Waals surface area contributed by atoms with E-state index in [4.69, 9.17) is 9.15 Å². The molecule has 0 radical (unpaired) electrons. The Hall–Kier alpha value is -1.55. The number of likely N-dealkylation sites (N-methyl/N-ethyl adjacent to an activating group) is 1. The van der Waals surface area contributed by atoms with Crippen LogP contribution in [-0.4, -0.2) is 37.1 Å². The van der Waals surface area contributed by atoms with Crippen LogP contribution in [0.4, 0.5) is 0 Å². The van der Waals surface area contributed by atoms with Gasteiger partial charge in [0.25, 0.3) is 0 Å². The predicted octanol–water partition coefficient (Wildman–Crippen LogP) is 1.93. The van der Waals surface area contributed by atoms with Crippen LogP contribution in [0.5, 0.6) is 0 Å². The molecule has 1 aliphatic heterocycles. The Bertz CT molecular complexity index is 383. The van der Waals surface area contributed by atoms with Crippen LogP contribution >= 0.6 is 0 Å². The van der Waals surface area contributed by atoms with Crippen LogP contribution in [0.15, 0.2) is 28.9 Å². The highest BCUT2D eigenvalue weighted by atomic mass is 16.5. The summed E-state index contributed by atoms with van der Waals surface area (Å²) in [6, 6.07) is 3.57. The third-order valence-corrected chi connectivity index (χ3v) is 2.79. The normalized spacial score (nSPS) is 21.8. The van der Waals surface area contributed by atoms with Crippen molar-refractivity contribution in [3.05, 3.63) is 30.2 Å². The second-order valence-electron chi connectivity index (χ2n) is 4.31. The minimum absolute atomic E-state index is 0.0162. The molecule has 1 aliphatic rings. The SMILES string of the molecule is CN1CCC[C@H](OC(=O)/C=C/c2ccco2)C1. The zero-order valence-electron chi connectivity index (χ0n) is 9.96. The monoisotopic (exact) mass is 235 g/mol. The maximum atomic E-state index is 11.5. The third-order valence-electron chi connectivity index (χ3n) is 2.79. The summed E-state index contributed by atoms with van der Waals surface area (Å²) in [5, 5.41) is 0. The number of rotatable bonds is 3. The lowest BCUT2D eigenvalue weighted by atomic mass is 10.1. The van der Waals surface area contributed by atoms with Crippen LogP contribution in [0.3, 0.4) is 0 Å². The molecule has 0 aromatic carbocycles. The first-order valence-corrected chi connectivity index (χ1v) is 5.85. The molecule has 4 nitrogen and oxygen atoms in total. The fraction of sp³-hybridized carbons (Fsp3) is 0.462. The molecule has 0 unspecified atom stereocenters. The molecule has 1 saturated heterocycles. The Morgan fingerprint density at radius 2 is 2.53 bits per heavy atom. The molecule has 0 spiro atoms. The molecule has 4 heteroatoms. The molecule has 1 fully saturated rings. The lowest BCUT2D eigenvalue weighted by Gasteiger charge is -2.28. The topological polar surface area (TPSA) is 42.7 Å². The molecule has 0 bridgehead atoms. The molecule has 1 aromatic heterocycles. The van der Waals surface area contributed by atoms with Crippen molar-refractivity contribution in [1.82, 2.24) is 4.90 Å². The fourth-order valence-corrected chi connectivity index (χ4v) is 1.96. The Labute approximate surface area is 101 Å². The van der Waals surface area contributed by atoms with Gasteiger partial charge in [-0.1, -0.05) is 0 Å². The van der Waals surface area contributed by atoms with Gasteiger partial charge in [-0.25, -0.2) is 4.79 Å². The molecule has 0 aliphatic carbocycles. The summed E-state index contributed by atoms with van der Waals surface area (Å²) in [4.78, 5) is 13.7. The predicted molar refractivity (Wildman–Crippen MR) is 64.4 cm³/mol. The van der Waals surface area contributed by atoms with Gasteiger partial charge in [0.2, 0.25) is 0 Å². The first-order chi connectivity index (χ1) is 8.24. The van der Waals surface area contributed by atoms with Gasteiger partial charge in [-0.15, -0.1) is 0 Å². The van der Waals surface area contributed by atoms with Crippen LogP contribution < -0.4 is 0 Å². The van der Waals surface area contributed by atoms with Gasteiger partial charge in [-0.2, -0.15) is 0 Å². The highest BCUT2D eigenvalue weighted by molar-refractivity contribution is 5.86. The van der Waals surface area contributed by atoms with Gasteiger partial charge >= 0.3 is 5.97 Å². The average molecular weight is 235 g/mol. The van der Waals surface area contributed by atoms with Gasteiger partial charge in [0.05, 0.1) is 6.26 Å². The van der Waals surface area contributed by atoms with Gasteiger partial charge in [-0.3, -0.25) is 0 Å². The Morgan fingerprint density at radius 3 is 3.24 bits per heavy atom. The molecule has 17 heavy (non-hydrogen) atoms. The van der Waals surface area contributed by atoms with Gasteiger partial charge in [-0.05, 0) is 44.6 Å². The number of esters is 1. The van der Waals surface area contributed by atoms with Gasteiger partial charge < -0.3 is 14.1 Å². The Balaban J connectivity index is 1.80. The van der Waals surface area contributed by atoms with Crippen LogP contribution in [-0.2, 0) is 9.53 Å². The van der Waals surface area contributed by atoms with E-state index in [1.807, 2.05) is 7.05 Å². The standard InChI is InChI=1S/C13H17NO3/c1-14-8-2-4-12(10-14)17-13(15)7-6-11-5-3-9-16-11/h3,5-7,9,12H,2,4,8,10H2,1H3/b7-6+/t12-/m0/s1. The summed E-state index contributed by atoms with van der Waals surface area (Å²) in [5.41, 5.74) is 0. The van der Waals surface area contributed by atoms with E-state index in [9.17, 15) is 4.79 Å². The summed E-state index contributed by atoms with van der Waals surface area (Å²) < 4.78 is 10.4. The molecular formula is C13H17NO3. The number of ether oxygens (including phenoxy) is 1. The number of hydrogen-bond acceptors (Lipinski definition) is 4. The molecule has 2 heterocycles. The number of piperidine rings is 1. The summed E-state index contributed by atoms with van der Waals surface area (Å²) in [6.45, 7) is 1.90. The molecule has 0 saturated carbocycles. The van der Waals surface area contributed by atoms with Crippen molar-refractivity contribution in [2.24, 2.45) is 0 Å². The van der Waals surface area contributed by atoms with Crippen molar-refractivity contribution in [2.75, 3.05) is 20.1 Å². The number of carbonyl (C=O) groups excluding carboxylic acids is 1. The largest absolute Gasteiger partial charge is 0.465 e. The van der Waals surface area contributed by atoms with Crippen LogP contribution in [0.2, 0.25) is 0 Å². The van der Waals surface area contributed by atoms with Crippen molar-refractivity contribution < 1.29 is 13.9 Å². The Kier molecular flexibility index (Phi) is 3.98. The lowest BCUT2D eigenvalue weighted by Crippen LogP contribution is -2.37. The van der Waals surface area contributed by atoms with Crippen molar-refractivity contribution in [3.8, 4) is 0 Å². The maximum Gasteiger partial charge on any atom is 0.331 e. The Morgan fingerprint density at radius 1 is 1.65 bits per heavy atom. The average Bonchev–Trinajstić information content (AvgIpc) is 2.79. The maximum absolute atomic E-state index is 11.5. The summed E-state index contributed by atoms with van der Waals surface area (Å²) >= 11 is 0. The van der Waals surface area contributed by atoms with E-state index in [2.05, 4.69) is 4.90 Å². The molecule has 2 rings (SSSR count).